The average molecular weight is 209 g/mol. The van der Waals surface area contributed by atoms with E-state index in [0.717, 1.165) is 0 Å². The zero-order chi connectivity index (χ0) is 10.5. The monoisotopic (exact) mass is 209 g/mol. The summed E-state index contributed by atoms with van der Waals surface area (Å²) in [5, 5.41) is 2.78. The maximum Gasteiger partial charge on any atom is 0.146 e. The zero-order valence-corrected chi connectivity index (χ0v) is 9.56. The highest BCUT2D eigenvalue weighted by Gasteiger charge is 2.11. The van der Waals surface area contributed by atoms with Crippen LogP contribution in [-0.2, 0) is 0 Å². The van der Waals surface area contributed by atoms with E-state index in [1.54, 1.807) is 0 Å². The van der Waals surface area contributed by atoms with E-state index >= 15 is 0 Å². The molecule has 0 amide bonds. The SMILES string of the molecule is C=C[Si](c1ccccc1)c1ccccc1. The van der Waals surface area contributed by atoms with Gasteiger partial charge in [0.15, 0.2) is 0 Å². The van der Waals surface area contributed by atoms with E-state index in [-0.39, 0.29) is 0 Å². The molecule has 1 radical (unpaired) electrons. The van der Waals surface area contributed by atoms with Crippen LogP contribution in [-0.4, -0.2) is 8.80 Å². The highest BCUT2D eigenvalue weighted by Crippen LogP contribution is 1.93. The van der Waals surface area contributed by atoms with Gasteiger partial charge in [0.25, 0.3) is 0 Å². The first-order valence-electron chi connectivity index (χ1n) is 5.02. The third-order valence-corrected chi connectivity index (χ3v) is 4.69. The molecule has 2 aromatic carbocycles. The molecule has 0 bridgehead atoms. The van der Waals surface area contributed by atoms with Gasteiger partial charge in [-0.05, 0) is 0 Å². The molecule has 0 aliphatic rings. The summed E-state index contributed by atoms with van der Waals surface area (Å²) in [5.41, 5.74) is 2.09. The van der Waals surface area contributed by atoms with Crippen molar-refractivity contribution in [1.29, 1.82) is 0 Å². The summed E-state index contributed by atoms with van der Waals surface area (Å²) in [6.07, 6.45) is 0. The van der Waals surface area contributed by atoms with Crippen molar-refractivity contribution >= 4 is 19.2 Å². The van der Waals surface area contributed by atoms with Crippen molar-refractivity contribution in [2.24, 2.45) is 0 Å². The Morgan fingerprint density at radius 1 is 0.733 bits per heavy atom. The predicted octanol–water partition coefficient (Wildman–Crippen LogP) is 2.02. The van der Waals surface area contributed by atoms with Crippen LogP contribution in [0.1, 0.15) is 0 Å². The summed E-state index contributed by atoms with van der Waals surface area (Å²) in [6.45, 7) is 3.96. The molecule has 0 fully saturated rings. The van der Waals surface area contributed by atoms with Gasteiger partial charge >= 0.3 is 0 Å². The van der Waals surface area contributed by atoms with E-state index in [1.807, 2.05) is 0 Å². The van der Waals surface area contributed by atoms with Crippen LogP contribution in [0.2, 0.25) is 0 Å². The van der Waals surface area contributed by atoms with Gasteiger partial charge in [-0.2, -0.15) is 0 Å². The standard InChI is InChI=1S/C14H13Si/c1-2-15(13-9-5-3-6-10-13)14-11-7-4-8-12-14/h2-12H,1H2. The second kappa shape index (κ2) is 4.76. The normalized spacial score (nSPS) is 10.2. The number of hydrogen-bond acceptors (Lipinski definition) is 0. The minimum atomic E-state index is -0.775. The first-order chi connectivity index (χ1) is 7.42. The summed E-state index contributed by atoms with van der Waals surface area (Å²) in [4.78, 5) is 0. The van der Waals surface area contributed by atoms with Gasteiger partial charge in [0.2, 0.25) is 0 Å². The van der Waals surface area contributed by atoms with Crippen molar-refractivity contribution in [3.8, 4) is 0 Å². The molecule has 2 rings (SSSR count). The summed E-state index contributed by atoms with van der Waals surface area (Å²) in [5.74, 6) is 0. The summed E-state index contributed by atoms with van der Waals surface area (Å²) >= 11 is 0. The van der Waals surface area contributed by atoms with Gasteiger partial charge in [0.1, 0.15) is 8.80 Å². The van der Waals surface area contributed by atoms with Gasteiger partial charge in [-0.15, -0.1) is 6.58 Å². The Kier molecular flexibility index (Phi) is 3.15. The van der Waals surface area contributed by atoms with E-state index in [4.69, 9.17) is 0 Å². The van der Waals surface area contributed by atoms with Crippen LogP contribution in [0.3, 0.4) is 0 Å². The first kappa shape index (κ1) is 9.93. The first-order valence-corrected chi connectivity index (χ1v) is 6.60. The highest BCUT2D eigenvalue weighted by molar-refractivity contribution is 6.89. The fraction of sp³-hybridized carbons (Fsp3) is 0. The molecule has 0 heterocycles. The molecule has 0 saturated carbocycles. The van der Waals surface area contributed by atoms with Gasteiger partial charge in [-0.1, -0.05) is 76.7 Å². The molecular weight excluding hydrogens is 196 g/mol. The van der Waals surface area contributed by atoms with E-state index < -0.39 is 8.80 Å². The second-order valence-electron chi connectivity index (χ2n) is 3.35. The lowest BCUT2D eigenvalue weighted by Crippen LogP contribution is -2.40. The Morgan fingerprint density at radius 2 is 1.13 bits per heavy atom. The van der Waals surface area contributed by atoms with Crippen molar-refractivity contribution in [2.75, 3.05) is 0 Å². The Labute approximate surface area is 92.5 Å². The minimum absolute atomic E-state index is 0.775. The number of hydrogen-bond donors (Lipinski definition) is 0. The van der Waals surface area contributed by atoms with Gasteiger partial charge in [-0.3, -0.25) is 0 Å². The lowest BCUT2D eigenvalue weighted by molar-refractivity contribution is 1.73. The third-order valence-electron chi connectivity index (χ3n) is 2.37. The molecular formula is C14H13Si. The van der Waals surface area contributed by atoms with Crippen LogP contribution in [0.15, 0.2) is 72.9 Å². The smallest absolute Gasteiger partial charge is 0.106 e. The molecule has 0 aliphatic carbocycles. The lowest BCUT2D eigenvalue weighted by Gasteiger charge is -2.10. The van der Waals surface area contributed by atoms with Crippen LogP contribution >= 0.6 is 0 Å². The van der Waals surface area contributed by atoms with Gasteiger partial charge < -0.3 is 0 Å². The Morgan fingerprint density at radius 3 is 1.47 bits per heavy atom. The second-order valence-corrected chi connectivity index (χ2v) is 5.74. The van der Waals surface area contributed by atoms with Crippen molar-refractivity contribution in [1.82, 2.24) is 0 Å². The highest BCUT2D eigenvalue weighted by atomic mass is 28.3. The molecule has 73 valence electrons. The quantitative estimate of drug-likeness (QED) is 0.679. The number of rotatable bonds is 3. The molecule has 1 heteroatoms. The average Bonchev–Trinajstić information content (AvgIpc) is 2.33. The van der Waals surface area contributed by atoms with E-state index in [1.165, 1.54) is 10.4 Å². The summed E-state index contributed by atoms with van der Waals surface area (Å²) in [7, 11) is -0.775. The maximum atomic E-state index is 3.96. The van der Waals surface area contributed by atoms with Crippen molar-refractivity contribution in [3.63, 3.8) is 0 Å². The molecule has 2 aromatic rings. The van der Waals surface area contributed by atoms with E-state index in [0.29, 0.717) is 0 Å². The van der Waals surface area contributed by atoms with Crippen LogP contribution in [0.25, 0.3) is 0 Å². The minimum Gasteiger partial charge on any atom is -0.106 e. The molecule has 0 spiro atoms. The lowest BCUT2D eigenvalue weighted by atomic mass is 10.4. The largest absolute Gasteiger partial charge is 0.146 e. The topological polar surface area (TPSA) is 0 Å². The van der Waals surface area contributed by atoms with Gasteiger partial charge in [-0.25, -0.2) is 0 Å². The Bertz CT molecular complexity index is 380. The molecule has 0 aliphatic heterocycles. The van der Waals surface area contributed by atoms with Gasteiger partial charge in [0, 0.05) is 0 Å². The summed E-state index contributed by atoms with van der Waals surface area (Å²) in [6, 6.07) is 21.2. The van der Waals surface area contributed by atoms with Crippen LogP contribution < -0.4 is 10.4 Å². The van der Waals surface area contributed by atoms with E-state index in [2.05, 4.69) is 72.9 Å². The molecule has 0 atom stereocenters. The van der Waals surface area contributed by atoms with Crippen LogP contribution in [0, 0.1) is 0 Å². The Balaban J connectivity index is 2.38. The summed E-state index contributed by atoms with van der Waals surface area (Å²) < 4.78 is 0. The van der Waals surface area contributed by atoms with Crippen molar-refractivity contribution in [3.05, 3.63) is 72.9 Å². The van der Waals surface area contributed by atoms with E-state index in [9.17, 15) is 0 Å². The fourth-order valence-electron chi connectivity index (χ4n) is 1.64. The third kappa shape index (κ3) is 2.25. The molecule has 0 N–H and O–H groups in total. The van der Waals surface area contributed by atoms with Crippen molar-refractivity contribution < 1.29 is 0 Å². The molecule has 0 saturated heterocycles. The van der Waals surface area contributed by atoms with Crippen molar-refractivity contribution in [2.45, 2.75) is 0 Å². The molecule has 0 aromatic heterocycles. The van der Waals surface area contributed by atoms with Crippen LogP contribution in [0.4, 0.5) is 0 Å². The molecule has 15 heavy (non-hydrogen) atoms. The fourth-order valence-corrected chi connectivity index (χ4v) is 3.55. The molecule has 0 unspecified atom stereocenters. The maximum absolute atomic E-state index is 3.96. The zero-order valence-electron chi connectivity index (χ0n) is 8.56. The predicted molar refractivity (Wildman–Crippen MR) is 68.1 cm³/mol. The Hall–Kier alpha value is -1.60. The number of benzene rings is 2. The van der Waals surface area contributed by atoms with Gasteiger partial charge in [0.05, 0.1) is 0 Å². The van der Waals surface area contributed by atoms with Crippen LogP contribution in [0.5, 0.6) is 0 Å². The molecule has 0 nitrogen and oxygen atoms in total.